The molecule has 0 bridgehead atoms. The summed E-state index contributed by atoms with van der Waals surface area (Å²) < 4.78 is 14.2. The van der Waals surface area contributed by atoms with Crippen LogP contribution in [-0.2, 0) is 16.1 Å². The smallest absolute Gasteiger partial charge is 0.278 e. The second-order valence-corrected chi connectivity index (χ2v) is 7.28. The number of amides is 2. The molecule has 1 aliphatic rings. The van der Waals surface area contributed by atoms with E-state index in [1.54, 1.807) is 30.3 Å². The molecule has 0 saturated carbocycles. The molecule has 30 heavy (non-hydrogen) atoms. The average molecular weight is 400 g/mol. The molecule has 1 aliphatic heterocycles. The number of anilines is 1. The Balaban J connectivity index is 1.77. The number of hydrogen-bond acceptors (Lipinski definition) is 3. The molecule has 150 valence electrons. The third-order valence-electron chi connectivity index (χ3n) is 5.38. The van der Waals surface area contributed by atoms with Gasteiger partial charge in [0.25, 0.3) is 11.8 Å². The molecule has 0 spiro atoms. The van der Waals surface area contributed by atoms with Crippen molar-refractivity contribution in [3.63, 3.8) is 0 Å². The second-order valence-electron chi connectivity index (χ2n) is 7.28. The van der Waals surface area contributed by atoms with Crippen molar-refractivity contribution in [2.45, 2.75) is 20.4 Å². The van der Waals surface area contributed by atoms with Crippen LogP contribution in [0.5, 0.6) is 0 Å². The lowest BCUT2D eigenvalue weighted by atomic mass is 10.0. The van der Waals surface area contributed by atoms with Crippen LogP contribution < -0.4 is 5.32 Å². The molecule has 2 amide bonds. The zero-order valence-corrected chi connectivity index (χ0v) is 16.8. The number of rotatable bonds is 5. The topological polar surface area (TPSA) is 49.4 Å². The van der Waals surface area contributed by atoms with Crippen molar-refractivity contribution >= 4 is 23.1 Å². The number of carbonyl (C=O) groups is 2. The van der Waals surface area contributed by atoms with Crippen LogP contribution in [0.2, 0.25) is 0 Å². The molecular weight excluding hydrogens is 379 g/mol. The molecule has 4 nitrogen and oxygen atoms in total. The van der Waals surface area contributed by atoms with Crippen molar-refractivity contribution in [3.05, 3.63) is 107 Å². The van der Waals surface area contributed by atoms with E-state index in [1.807, 2.05) is 50.2 Å². The number of carbonyl (C=O) groups excluding carboxylic acids is 2. The normalized spacial score (nSPS) is 13.9. The van der Waals surface area contributed by atoms with Crippen LogP contribution in [0.15, 0.2) is 78.5 Å². The first kappa shape index (κ1) is 19.6. The maximum Gasteiger partial charge on any atom is 0.278 e. The summed E-state index contributed by atoms with van der Waals surface area (Å²) in [6.07, 6.45) is 0. The van der Waals surface area contributed by atoms with Gasteiger partial charge in [0.05, 0.1) is 12.1 Å². The Morgan fingerprint density at radius 3 is 2.27 bits per heavy atom. The Bertz CT molecular complexity index is 1170. The highest BCUT2D eigenvalue weighted by atomic mass is 19.1. The SMILES string of the molecule is Cc1cccc(NC2=C(c3ccccc3)C(=O)N(Cc3ccccc3F)C2=O)c1C. The van der Waals surface area contributed by atoms with Gasteiger partial charge in [-0.2, -0.15) is 0 Å². The summed E-state index contributed by atoms with van der Waals surface area (Å²) in [6.45, 7) is 3.82. The van der Waals surface area contributed by atoms with Crippen LogP contribution in [0.1, 0.15) is 22.3 Å². The first-order valence-electron chi connectivity index (χ1n) is 9.70. The number of aryl methyl sites for hydroxylation is 1. The summed E-state index contributed by atoms with van der Waals surface area (Å²) in [5.41, 5.74) is 4.24. The van der Waals surface area contributed by atoms with Gasteiger partial charge in [-0.1, -0.05) is 60.7 Å². The third-order valence-corrected chi connectivity index (χ3v) is 5.38. The molecule has 0 unspecified atom stereocenters. The fourth-order valence-electron chi connectivity index (χ4n) is 3.53. The molecule has 0 saturated heterocycles. The second kappa shape index (κ2) is 7.95. The predicted molar refractivity (Wildman–Crippen MR) is 115 cm³/mol. The highest BCUT2D eigenvalue weighted by Gasteiger charge is 2.39. The van der Waals surface area contributed by atoms with Crippen molar-refractivity contribution in [3.8, 4) is 0 Å². The first-order chi connectivity index (χ1) is 14.5. The third kappa shape index (κ3) is 3.50. The van der Waals surface area contributed by atoms with Crippen LogP contribution in [0.4, 0.5) is 10.1 Å². The molecule has 1 N–H and O–H groups in total. The average Bonchev–Trinajstić information content (AvgIpc) is 2.98. The van der Waals surface area contributed by atoms with Crippen molar-refractivity contribution in [2.24, 2.45) is 0 Å². The molecule has 5 heteroatoms. The zero-order valence-electron chi connectivity index (χ0n) is 16.8. The van der Waals surface area contributed by atoms with Crippen LogP contribution in [-0.4, -0.2) is 16.7 Å². The maximum absolute atomic E-state index is 14.2. The van der Waals surface area contributed by atoms with E-state index in [1.165, 1.54) is 6.07 Å². The highest BCUT2D eigenvalue weighted by molar-refractivity contribution is 6.36. The Kier molecular flexibility index (Phi) is 5.19. The number of halogens is 1. The maximum atomic E-state index is 14.2. The molecule has 0 fully saturated rings. The summed E-state index contributed by atoms with van der Waals surface area (Å²) in [5.74, 6) is -1.36. The fraction of sp³-hybridized carbons (Fsp3) is 0.120. The first-order valence-corrected chi connectivity index (χ1v) is 9.70. The van der Waals surface area contributed by atoms with Gasteiger partial charge in [0, 0.05) is 11.3 Å². The van der Waals surface area contributed by atoms with Gasteiger partial charge in [-0.15, -0.1) is 0 Å². The number of nitrogens with zero attached hydrogens (tertiary/aromatic N) is 1. The van der Waals surface area contributed by atoms with Gasteiger partial charge in [-0.3, -0.25) is 14.5 Å². The van der Waals surface area contributed by atoms with E-state index in [9.17, 15) is 14.0 Å². The minimum Gasteiger partial charge on any atom is -0.350 e. The van der Waals surface area contributed by atoms with Crippen molar-refractivity contribution in [2.75, 3.05) is 5.32 Å². The van der Waals surface area contributed by atoms with Gasteiger partial charge in [0.15, 0.2) is 0 Å². The van der Waals surface area contributed by atoms with Gasteiger partial charge in [-0.05, 0) is 42.7 Å². The van der Waals surface area contributed by atoms with Crippen LogP contribution >= 0.6 is 0 Å². The molecule has 3 aromatic rings. The minimum absolute atomic E-state index is 0.126. The standard InChI is InChI=1S/C25H21FN2O2/c1-16-9-8-14-21(17(16)2)27-23-22(18-10-4-3-5-11-18)24(29)28(25(23)30)15-19-12-6-7-13-20(19)26/h3-14,27H,15H2,1-2H3. The summed E-state index contributed by atoms with van der Waals surface area (Å²) in [6, 6.07) is 21.0. The van der Waals surface area contributed by atoms with E-state index in [2.05, 4.69) is 5.32 Å². The zero-order chi connectivity index (χ0) is 21.3. The summed E-state index contributed by atoms with van der Waals surface area (Å²) >= 11 is 0. The highest BCUT2D eigenvalue weighted by Crippen LogP contribution is 2.32. The Labute approximate surface area is 174 Å². The lowest BCUT2D eigenvalue weighted by Gasteiger charge is -2.16. The monoisotopic (exact) mass is 400 g/mol. The van der Waals surface area contributed by atoms with Crippen LogP contribution in [0, 0.1) is 19.7 Å². The van der Waals surface area contributed by atoms with Gasteiger partial charge in [-0.25, -0.2) is 4.39 Å². The van der Waals surface area contributed by atoms with E-state index in [4.69, 9.17) is 0 Å². The fourth-order valence-corrected chi connectivity index (χ4v) is 3.53. The predicted octanol–water partition coefficient (Wildman–Crippen LogP) is 4.83. The number of hydrogen-bond donors (Lipinski definition) is 1. The number of nitrogens with one attached hydrogen (secondary N) is 1. The molecular formula is C25H21FN2O2. The minimum atomic E-state index is -0.469. The molecule has 0 radical (unpaired) electrons. The summed E-state index contributed by atoms with van der Waals surface area (Å²) in [4.78, 5) is 27.6. The van der Waals surface area contributed by atoms with Gasteiger partial charge < -0.3 is 5.32 Å². The Morgan fingerprint density at radius 1 is 0.833 bits per heavy atom. The van der Waals surface area contributed by atoms with E-state index >= 15 is 0 Å². The number of imide groups is 1. The van der Waals surface area contributed by atoms with Crippen LogP contribution in [0.3, 0.4) is 0 Å². The Morgan fingerprint density at radius 2 is 1.53 bits per heavy atom. The lowest BCUT2D eigenvalue weighted by molar-refractivity contribution is -0.137. The molecule has 4 rings (SSSR count). The molecule has 0 aliphatic carbocycles. The van der Waals surface area contributed by atoms with Gasteiger partial charge >= 0.3 is 0 Å². The molecule has 3 aromatic carbocycles. The lowest BCUT2D eigenvalue weighted by Crippen LogP contribution is -2.32. The van der Waals surface area contributed by atoms with Gasteiger partial charge in [0.2, 0.25) is 0 Å². The van der Waals surface area contributed by atoms with Gasteiger partial charge in [0.1, 0.15) is 11.5 Å². The molecule has 1 heterocycles. The van der Waals surface area contributed by atoms with Crippen molar-refractivity contribution in [1.82, 2.24) is 4.90 Å². The van der Waals surface area contributed by atoms with E-state index in [-0.39, 0.29) is 17.8 Å². The largest absolute Gasteiger partial charge is 0.350 e. The molecule has 0 aromatic heterocycles. The Hall–Kier alpha value is -3.73. The van der Waals surface area contributed by atoms with Crippen molar-refractivity contribution in [1.29, 1.82) is 0 Å². The van der Waals surface area contributed by atoms with Crippen LogP contribution in [0.25, 0.3) is 5.57 Å². The van der Waals surface area contributed by atoms with E-state index in [0.717, 1.165) is 21.7 Å². The molecule has 0 atom stereocenters. The quantitative estimate of drug-likeness (QED) is 0.624. The van der Waals surface area contributed by atoms with Crippen molar-refractivity contribution < 1.29 is 14.0 Å². The summed E-state index contributed by atoms with van der Waals surface area (Å²) in [5, 5.41) is 3.18. The van der Waals surface area contributed by atoms with E-state index in [0.29, 0.717) is 11.1 Å². The van der Waals surface area contributed by atoms with E-state index < -0.39 is 17.6 Å². The number of benzene rings is 3. The summed E-state index contributed by atoms with van der Waals surface area (Å²) in [7, 11) is 0.